The van der Waals surface area contributed by atoms with Crippen LogP contribution in [0.4, 0.5) is 0 Å². The standard InChI is InChI=1S/C13H21N3O3/c17-7-8-18-11-3-5-16(6-4-11)9-12-14-13(15-19-12)10-1-2-10/h10-11,17H,1-9H2. The predicted octanol–water partition coefficient (Wildman–Crippen LogP) is 0.920. The molecule has 1 saturated heterocycles. The van der Waals surface area contributed by atoms with Gasteiger partial charge in [0.15, 0.2) is 5.82 Å². The molecule has 1 aliphatic heterocycles. The molecule has 2 aliphatic rings. The second-order valence-corrected chi connectivity index (χ2v) is 5.39. The van der Waals surface area contributed by atoms with E-state index in [4.69, 9.17) is 14.4 Å². The van der Waals surface area contributed by atoms with E-state index >= 15 is 0 Å². The molecule has 1 aromatic rings. The first kappa shape index (κ1) is 13.0. The predicted molar refractivity (Wildman–Crippen MR) is 67.6 cm³/mol. The molecule has 0 bridgehead atoms. The fourth-order valence-corrected chi connectivity index (χ4v) is 2.48. The minimum atomic E-state index is 0.103. The zero-order valence-electron chi connectivity index (χ0n) is 11.1. The van der Waals surface area contributed by atoms with Crippen LogP contribution in [0.15, 0.2) is 4.52 Å². The molecule has 1 aliphatic carbocycles. The van der Waals surface area contributed by atoms with Crippen LogP contribution < -0.4 is 0 Å². The average Bonchev–Trinajstić information content (AvgIpc) is 3.19. The highest BCUT2D eigenvalue weighted by Crippen LogP contribution is 2.38. The fourth-order valence-electron chi connectivity index (χ4n) is 2.48. The van der Waals surface area contributed by atoms with Crippen molar-refractivity contribution in [2.45, 2.75) is 44.2 Å². The number of aromatic nitrogens is 2. The molecule has 2 heterocycles. The van der Waals surface area contributed by atoms with Gasteiger partial charge in [0.05, 0.1) is 25.9 Å². The Balaban J connectivity index is 1.43. The van der Waals surface area contributed by atoms with E-state index in [2.05, 4.69) is 15.0 Å². The van der Waals surface area contributed by atoms with Gasteiger partial charge in [-0.3, -0.25) is 4.90 Å². The maximum Gasteiger partial charge on any atom is 0.240 e. The molecule has 106 valence electrons. The molecule has 0 aromatic carbocycles. The molecule has 6 nitrogen and oxygen atoms in total. The molecule has 1 N–H and O–H groups in total. The Hall–Kier alpha value is -0.980. The summed E-state index contributed by atoms with van der Waals surface area (Å²) in [5.41, 5.74) is 0. The topological polar surface area (TPSA) is 71.6 Å². The van der Waals surface area contributed by atoms with Crippen LogP contribution >= 0.6 is 0 Å². The van der Waals surface area contributed by atoms with Gasteiger partial charge >= 0.3 is 0 Å². The summed E-state index contributed by atoms with van der Waals surface area (Å²) in [5, 5.41) is 12.8. The van der Waals surface area contributed by atoms with Crippen molar-refractivity contribution in [3.05, 3.63) is 11.7 Å². The summed E-state index contributed by atoms with van der Waals surface area (Å²) in [5.74, 6) is 2.17. The van der Waals surface area contributed by atoms with E-state index in [1.54, 1.807) is 0 Å². The van der Waals surface area contributed by atoms with Crippen molar-refractivity contribution in [1.29, 1.82) is 0 Å². The lowest BCUT2D eigenvalue weighted by atomic mass is 10.1. The van der Waals surface area contributed by atoms with Crippen LogP contribution in [0.2, 0.25) is 0 Å². The number of hydrogen-bond donors (Lipinski definition) is 1. The lowest BCUT2D eigenvalue weighted by Crippen LogP contribution is -2.37. The Morgan fingerprint density at radius 1 is 1.26 bits per heavy atom. The molecule has 0 unspecified atom stereocenters. The second-order valence-electron chi connectivity index (χ2n) is 5.39. The van der Waals surface area contributed by atoms with E-state index < -0.39 is 0 Å². The van der Waals surface area contributed by atoms with Crippen molar-refractivity contribution >= 4 is 0 Å². The summed E-state index contributed by atoms with van der Waals surface area (Å²) in [6, 6.07) is 0. The minimum absolute atomic E-state index is 0.103. The number of piperidine rings is 1. The smallest absolute Gasteiger partial charge is 0.240 e. The van der Waals surface area contributed by atoms with Crippen LogP contribution in [0.1, 0.15) is 43.3 Å². The summed E-state index contributed by atoms with van der Waals surface area (Å²) < 4.78 is 10.8. The Morgan fingerprint density at radius 3 is 2.74 bits per heavy atom. The molecular weight excluding hydrogens is 246 g/mol. The zero-order valence-corrected chi connectivity index (χ0v) is 11.1. The van der Waals surface area contributed by atoms with Crippen LogP contribution in [0.3, 0.4) is 0 Å². The Morgan fingerprint density at radius 2 is 2.05 bits per heavy atom. The van der Waals surface area contributed by atoms with E-state index in [9.17, 15) is 0 Å². The third-order valence-electron chi connectivity index (χ3n) is 3.76. The fraction of sp³-hybridized carbons (Fsp3) is 0.846. The molecule has 0 atom stereocenters. The molecule has 0 amide bonds. The van der Waals surface area contributed by atoms with Crippen LogP contribution in [-0.4, -0.2) is 52.6 Å². The summed E-state index contributed by atoms with van der Waals surface area (Å²) in [7, 11) is 0. The molecular formula is C13H21N3O3. The van der Waals surface area contributed by atoms with E-state index in [-0.39, 0.29) is 12.7 Å². The zero-order chi connectivity index (χ0) is 13.1. The van der Waals surface area contributed by atoms with Crippen molar-refractivity contribution in [1.82, 2.24) is 15.0 Å². The normalized spacial score (nSPS) is 21.9. The molecule has 1 aromatic heterocycles. The highest BCUT2D eigenvalue weighted by atomic mass is 16.5. The van der Waals surface area contributed by atoms with Gasteiger partial charge in [0.25, 0.3) is 0 Å². The number of likely N-dealkylation sites (tertiary alicyclic amines) is 1. The Labute approximate surface area is 112 Å². The second kappa shape index (κ2) is 5.98. The van der Waals surface area contributed by atoms with E-state index in [0.717, 1.165) is 44.2 Å². The minimum Gasteiger partial charge on any atom is -0.394 e. The maximum atomic E-state index is 8.73. The van der Waals surface area contributed by atoms with Crippen LogP contribution in [0.25, 0.3) is 0 Å². The monoisotopic (exact) mass is 267 g/mol. The summed E-state index contributed by atoms with van der Waals surface area (Å²) in [6.45, 7) is 3.26. The SMILES string of the molecule is OCCOC1CCN(Cc2nc(C3CC3)no2)CC1. The molecule has 1 saturated carbocycles. The molecule has 6 heteroatoms. The van der Waals surface area contributed by atoms with Crippen molar-refractivity contribution in [3.8, 4) is 0 Å². The van der Waals surface area contributed by atoms with Gasteiger partial charge < -0.3 is 14.4 Å². The van der Waals surface area contributed by atoms with Gasteiger partial charge in [-0.15, -0.1) is 0 Å². The molecule has 2 fully saturated rings. The van der Waals surface area contributed by atoms with E-state index in [1.807, 2.05) is 0 Å². The Kier molecular flexibility index (Phi) is 4.10. The summed E-state index contributed by atoms with van der Waals surface area (Å²) in [6.07, 6.45) is 4.69. The number of nitrogens with zero attached hydrogens (tertiary/aromatic N) is 3. The first-order valence-electron chi connectivity index (χ1n) is 7.12. The third kappa shape index (κ3) is 3.52. The summed E-state index contributed by atoms with van der Waals surface area (Å²) >= 11 is 0. The van der Waals surface area contributed by atoms with Crippen LogP contribution in [0, 0.1) is 0 Å². The van der Waals surface area contributed by atoms with Gasteiger partial charge in [0, 0.05) is 19.0 Å². The number of aliphatic hydroxyl groups excluding tert-OH is 1. The average molecular weight is 267 g/mol. The van der Waals surface area contributed by atoms with Crippen molar-refractivity contribution in [2.75, 3.05) is 26.3 Å². The van der Waals surface area contributed by atoms with Gasteiger partial charge in [0.1, 0.15) is 0 Å². The maximum absolute atomic E-state index is 8.73. The summed E-state index contributed by atoms with van der Waals surface area (Å²) in [4.78, 5) is 6.77. The third-order valence-corrected chi connectivity index (χ3v) is 3.76. The number of rotatable bonds is 6. The van der Waals surface area contributed by atoms with Gasteiger partial charge in [-0.2, -0.15) is 4.98 Å². The quantitative estimate of drug-likeness (QED) is 0.826. The van der Waals surface area contributed by atoms with Gasteiger partial charge in [0.2, 0.25) is 5.89 Å². The van der Waals surface area contributed by atoms with Crippen LogP contribution in [-0.2, 0) is 11.3 Å². The first-order valence-corrected chi connectivity index (χ1v) is 7.12. The van der Waals surface area contributed by atoms with Gasteiger partial charge in [-0.25, -0.2) is 0 Å². The number of hydrogen-bond acceptors (Lipinski definition) is 6. The largest absolute Gasteiger partial charge is 0.394 e. The number of aliphatic hydroxyl groups is 1. The highest BCUT2D eigenvalue weighted by Gasteiger charge is 2.29. The first-order chi connectivity index (χ1) is 9.35. The highest BCUT2D eigenvalue weighted by molar-refractivity contribution is 5.03. The Bertz CT molecular complexity index is 398. The molecule has 0 radical (unpaired) electrons. The van der Waals surface area contributed by atoms with Crippen molar-refractivity contribution < 1.29 is 14.4 Å². The van der Waals surface area contributed by atoms with E-state index in [0.29, 0.717) is 12.5 Å². The molecule has 0 spiro atoms. The lowest BCUT2D eigenvalue weighted by Gasteiger charge is -2.30. The van der Waals surface area contributed by atoms with E-state index in [1.165, 1.54) is 12.8 Å². The number of ether oxygens (including phenoxy) is 1. The molecule has 3 rings (SSSR count). The molecule has 19 heavy (non-hydrogen) atoms. The van der Waals surface area contributed by atoms with Crippen molar-refractivity contribution in [3.63, 3.8) is 0 Å². The van der Waals surface area contributed by atoms with Gasteiger partial charge in [-0.05, 0) is 25.7 Å². The van der Waals surface area contributed by atoms with Crippen molar-refractivity contribution in [2.24, 2.45) is 0 Å². The lowest BCUT2D eigenvalue weighted by molar-refractivity contribution is -0.0104. The van der Waals surface area contributed by atoms with Gasteiger partial charge in [-0.1, -0.05) is 5.16 Å². The van der Waals surface area contributed by atoms with Crippen LogP contribution in [0.5, 0.6) is 0 Å².